The first-order chi connectivity index (χ1) is 11.9. The third kappa shape index (κ3) is 6.29. The Labute approximate surface area is 149 Å². The lowest BCUT2D eigenvalue weighted by Crippen LogP contribution is -2.38. The van der Waals surface area contributed by atoms with Crippen LogP contribution in [0.3, 0.4) is 0 Å². The zero-order chi connectivity index (χ0) is 18.3. The van der Waals surface area contributed by atoms with Gasteiger partial charge in [0.1, 0.15) is 18.9 Å². The van der Waals surface area contributed by atoms with E-state index in [2.05, 4.69) is 10.5 Å². The van der Waals surface area contributed by atoms with Crippen molar-refractivity contribution in [3.63, 3.8) is 0 Å². The lowest BCUT2D eigenvalue weighted by atomic mass is 10.0. The Bertz CT molecular complexity index is 681. The van der Waals surface area contributed by atoms with E-state index in [9.17, 15) is 10.0 Å². The molecule has 0 fully saturated rings. The van der Waals surface area contributed by atoms with E-state index in [-0.39, 0.29) is 12.1 Å². The van der Waals surface area contributed by atoms with E-state index in [1.807, 2.05) is 57.2 Å². The molecule has 0 radical (unpaired) electrons. The van der Waals surface area contributed by atoms with Gasteiger partial charge in [-0.15, -0.1) is 0 Å². The molecule has 0 amide bonds. The highest BCUT2D eigenvalue weighted by atomic mass is 16.5. The molecule has 1 unspecified atom stereocenters. The molecular formula is C20H26N2O3. The highest BCUT2D eigenvalue weighted by molar-refractivity contribution is 5.38. The molecule has 0 heterocycles. The maximum atomic E-state index is 10.8. The van der Waals surface area contributed by atoms with Crippen molar-refractivity contribution >= 4 is 0 Å². The number of nitrogens with one attached hydrogen (secondary N) is 1. The van der Waals surface area contributed by atoms with Crippen molar-refractivity contribution in [1.82, 2.24) is 5.32 Å². The lowest BCUT2D eigenvalue weighted by molar-refractivity contribution is 0.163. The van der Waals surface area contributed by atoms with E-state index in [1.54, 1.807) is 12.1 Å². The molecular weight excluding hydrogens is 316 g/mol. The summed E-state index contributed by atoms with van der Waals surface area (Å²) >= 11 is 0. The highest BCUT2D eigenvalue weighted by Crippen LogP contribution is 2.25. The Kier molecular flexibility index (Phi) is 6.67. The monoisotopic (exact) mass is 342 g/mol. The number of aliphatic hydroxyl groups is 1. The van der Waals surface area contributed by atoms with Gasteiger partial charge in [0, 0.05) is 17.6 Å². The van der Waals surface area contributed by atoms with Gasteiger partial charge in [-0.3, -0.25) is 0 Å². The van der Waals surface area contributed by atoms with Crippen LogP contribution in [0.1, 0.15) is 43.6 Å². The van der Waals surface area contributed by atoms with Crippen LogP contribution in [0, 0.1) is 4.91 Å². The molecule has 5 heteroatoms. The van der Waals surface area contributed by atoms with Crippen molar-refractivity contribution in [2.75, 3.05) is 6.54 Å². The molecule has 25 heavy (non-hydrogen) atoms. The van der Waals surface area contributed by atoms with Gasteiger partial charge in [0.15, 0.2) is 0 Å². The fraction of sp³-hybridized carbons (Fsp3) is 0.400. The fourth-order valence-corrected chi connectivity index (χ4v) is 2.40. The summed E-state index contributed by atoms with van der Waals surface area (Å²) in [7, 11) is 0. The van der Waals surface area contributed by atoms with Gasteiger partial charge < -0.3 is 15.2 Å². The first-order valence-corrected chi connectivity index (χ1v) is 8.41. The number of nitrogens with zero attached hydrogens (tertiary/aromatic N) is 1. The number of aliphatic hydroxyl groups excluding tert-OH is 1. The Morgan fingerprint density at radius 3 is 2.52 bits per heavy atom. The minimum atomic E-state index is -0.659. The molecule has 0 bridgehead atoms. The number of β-amino-alcohol motifs (C(OH)–C–C–N with tert-alkyl or cyclic N) is 1. The number of benzene rings is 2. The number of hydrogen-bond acceptors (Lipinski definition) is 5. The van der Waals surface area contributed by atoms with Gasteiger partial charge in [-0.2, -0.15) is 4.91 Å². The molecule has 2 N–H and O–H groups in total. The molecule has 0 saturated carbocycles. The summed E-state index contributed by atoms with van der Waals surface area (Å²) < 4.78 is 5.83. The van der Waals surface area contributed by atoms with Gasteiger partial charge in [-0.25, -0.2) is 0 Å². The van der Waals surface area contributed by atoms with Crippen molar-refractivity contribution in [3.8, 4) is 5.75 Å². The fourth-order valence-electron chi connectivity index (χ4n) is 2.40. The lowest BCUT2D eigenvalue weighted by Gasteiger charge is -2.23. The second-order valence-electron chi connectivity index (χ2n) is 7.08. The smallest absolute Gasteiger partial charge is 0.125 e. The summed E-state index contributed by atoms with van der Waals surface area (Å²) in [5.41, 5.74) is 2.39. The van der Waals surface area contributed by atoms with Crippen molar-refractivity contribution in [3.05, 3.63) is 70.1 Å². The Hall–Kier alpha value is -2.24. The van der Waals surface area contributed by atoms with Gasteiger partial charge in [0.25, 0.3) is 0 Å². The second-order valence-corrected chi connectivity index (χ2v) is 7.08. The van der Waals surface area contributed by atoms with Gasteiger partial charge in [-0.1, -0.05) is 41.6 Å². The van der Waals surface area contributed by atoms with Crippen molar-refractivity contribution < 1.29 is 9.84 Å². The number of rotatable bonds is 8. The average molecular weight is 342 g/mol. The van der Waals surface area contributed by atoms with Crippen molar-refractivity contribution in [2.24, 2.45) is 5.18 Å². The summed E-state index contributed by atoms with van der Waals surface area (Å²) in [6, 6.07) is 15.2. The van der Waals surface area contributed by atoms with E-state index in [0.29, 0.717) is 24.5 Å². The van der Waals surface area contributed by atoms with Crippen LogP contribution in [-0.2, 0) is 13.2 Å². The average Bonchev–Trinajstić information content (AvgIpc) is 2.59. The Balaban J connectivity index is 2.09. The molecule has 5 nitrogen and oxygen atoms in total. The molecule has 0 aliphatic heterocycles. The normalized spacial score (nSPS) is 12.6. The SMILES string of the molecule is CC(C)(C)NCC(O)c1ccc(OCc2ccccc2)c(CN=O)c1. The van der Waals surface area contributed by atoms with E-state index >= 15 is 0 Å². The van der Waals surface area contributed by atoms with Crippen LogP contribution in [0.25, 0.3) is 0 Å². The molecule has 134 valence electrons. The molecule has 2 rings (SSSR count). The Morgan fingerprint density at radius 2 is 1.88 bits per heavy atom. The minimum Gasteiger partial charge on any atom is -0.489 e. The van der Waals surface area contributed by atoms with Crippen molar-refractivity contribution in [1.29, 1.82) is 0 Å². The molecule has 0 spiro atoms. The van der Waals surface area contributed by atoms with Crippen LogP contribution in [-0.4, -0.2) is 17.2 Å². The quantitative estimate of drug-likeness (QED) is 0.713. The zero-order valence-electron chi connectivity index (χ0n) is 15.0. The van der Waals surface area contributed by atoms with Gasteiger partial charge >= 0.3 is 0 Å². The van der Waals surface area contributed by atoms with Crippen LogP contribution >= 0.6 is 0 Å². The third-order valence-electron chi connectivity index (χ3n) is 3.77. The first-order valence-electron chi connectivity index (χ1n) is 8.41. The predicted molar refractivity (Wildman–Crippen MR) is 99.4 cm³/mol. The molecule has 0 aliphatic carbocycles. The van der Waals surface area contributed by atoms with Gasteiger partial charge in [-0.05, 0) is 44.0 Å². The van der Waals surface area contributed by atoms with Crippen LogP contribution in [0.4, 0.5) is 0 Å². The Morgan fingerprint density at radius 1 is 1.16 bits per heavy atom. The van der Waals surface area contributed by atoms with Gasteiger partial charge in [0.2, 0.25) is 0 Å². The zero-order valence-corrected chi connectivity index (χ0v) is 15.0. The highest BCUT2D eigenvalue weighted by Gasteiger charge is 2.15. The molecule has 2 aromatic carbocycles. The molecule has 0 aliphatic rings. The van der Waals surface area contributed by atoms with Crippen molar-refractivity contribution in [2.45, 2.75) is 45.6 Å². The molecule has 1 atom stereocenters. The van der Waals surface area contributed by atoms with Crippen LogP contribution in [0.5, 0.6) is 5.75 Å². The van der Waals surface area contributed by atoms with E-state index in [4.69, 9.17) is 4.74 Å². The summed E-state index contributed by atoms with van der Waals surface area (Å²) in [6.45, 7) is 6.99. The maximum Gasteiger partial charge on any atom is 0.125 e. The minimum absolute atomic E-state index is 0.0113. The van der Waals surface area contributed by atoms with Crippen LogP contribution in [0.2, 0.25) is 0 Å². The second kappa shape index (κ2) is 8.74. The number of nitroso groups, excluding NO2 is 1. The number of ether oxygens (including phenoxy) is 1. The molecule has 0 saturated heterocycles. The standard InChI is InChI=1S/C20H26N2O3/c1-20(2,3)21-13-18(23)16-9-10-19(17(11-16)12-22-24)25-14-15-7-5-4-6-8-15/h4-11,18,21,23H,12-14H2,1-3H3. The summed E-state index contributed by atoms with van der Waals surface area (Å²) in [5, 5.41) is 16.6. The van der Waals surface area contributed by atoms with E-state index in [0.717, 1.165) is 11.1 Å². The van der Waals surface area contributed by atoms with Crippen LogP contribution in [0.15, 0.2) is 53.7 Å². The third-order valence-corrected chi connectivity index (χ3v) is 3.77. The maximum absolute atomic E-state index is 10.8. The summed E-state index contributed by atoms with van der Waals surface area (Å²) in [4.78, 5) is 10.8. The predicted octanol–water partition coefficient (Wildman–Crippen LogP) is 3.95. The van der Waals surface area contributed by atoms with E-state index in [1.165, 1.54) is 0 Å². The topological polar surface area (TPSA) is 70.9 Å². The summed E-state index contributed by atoms with van der Waals surface area (Å²) in [5.74, 6) is 0.614. The molecule has 2 aromatic rings. The van der Waals surface area contributed by atoms with Crippen LogP contribution < -0.4 is 10.1 Å². The number of hydrogen-bond donors (Lipinski definition) is 2. The first kappa shape index (κ1) is 19.1. The summed E-state index contributed by atoms with van der Waals surface area (Å²) in [6.07, 6.45) is -0.659. The largest absolute Gasteiger partial charge is 0.489 e. The van der Waals surface area contributed by atoms with E-state index < -0.39 is 6.10 Å². The van der Waals surface area contributed by atoms with Gasteiger partial charge in [0.05, 0.1) is 6.10 Å². The molecule has 0 aromatic heterocycles.